The third-order valence-corrected chi connectivity index (χ3v) is 5.69. The van der Waals surface area contributed by atoms with Gasteiger partial charge in [-0.15, -0.1) is 10.2 Å². The van der Waals surface area contributed by atoms with Crippen LogP contribution in [0.2, 0.25) is 5.02 Å². The second-order valence-corrected chi connectivity index (χ2v) is 8.58. The lowest BCUT2D eigenvalue weighted by Gasteiger charge is -2.23. The average molecular weight is 554 g/mol. The predicted molar refractivity (Wildman–Crippen MR) is 128 cm³/mol. The molecule has 3 heterocycles. The molecule has 3 aromatic rings. The van der Waals surface area contributed by atoms with Gasteiger partial charge in [-0.05, 0) is 48.9 Å². The minimum Gasteiger partial charge on any atom is -0.352 e. The van der Waals surface area contributed by atoms with Crippen LogP contribution in [-0.4, -0.2) is 55.3 Å². The molecule has 0 fully saturated rings. The molecule has 1 aromatic carbocycles. The number of halogens is 5. The zero-order chi connectivity index (χ0) is 27.6. The second kappa shape index (κ2) is 10.7. The molecule has 1 atom stereocenters. The van der Waals surface area contributed by atoms with Crippen molar-refractivity contribution in [3.8, 4) is 0 Å². The van der Waals surface area contributed by atoms with E-state index in [1.807, 2.05) is 0 Å². The molecule has 0 saturated carbocycles. The first-order valence-electron chi connectivity index (χ1n) is 11.2. The number of hydrogen-bond acceptors (Lipinski definition) is 8. The molecule has 0 spiro atoms. The highest BCUT2D eigenvalue weighted by atomic mass is 35.5. The maximum Gasteiger partial charge on any atom is 0.455 e. The van der Waals surface area contributed by atoms with E-state index in [1.165, 1.54) is 24.2 Å². The van der Waals surface area contributed by atoms with E-state index >= 15 is 0 Å². The van der Waals surface area contributed by atoms with Crippen LogP contribution in [0, 0.1) is 12.7 Å². The Kier molecular flexibility index (Phi) is 7.57. The fourth-order valence-corrected chi connectivity index (χ4v) is 3.96. The summed E-state index contributed by atoms with van der Waals surface area (Å²) in [4.78, 5) is 30.9. The van der Waals surface area contributed by atoms with Gasteiger partial charge in [0.15, 0.2) is 5.82 Å². The van der Waals surface area contributed by atoms with Crippen molar-refractivity contribution in [3.05, 3.63) is 58.3 Å². The van der Waals surface area contributed by atoms with Crippen molar-refractivity contribution in [2.75, 3.05) is 16.9 Å². The summed E-state index contributed by atoms with van der Waals surface area (Å²) in [6.07, 6.45) is -3.42. The van der Waals surface area contributed by atoms with E-state index in [2.05, 4.69) is 36.1 Å². The van der Waals surface area contributed by atoms with Crippen LogP contribution in [0.25, 0.3) is 0 Å². The van der Waals surface area contributed by atoms with Crippen molar-refractivity contribution >= 4 is 40.6 Å². The molecule has 0 bridgehead atoms. The van der Waals surface area contributed by atoms with Crippen LogP contribution in [0.5, 0.6) is 0 Å². The highest BCUT2D eigenvalue weighted by molar-refractivity contribution is 6.33. The highest BCUT2D eigenvalue weighted by Gasteiger charge is 2.39. The Morgan fingerprint density at radius 3 is 2.68 bits per heavy atom. The Bertz CT molecular complexity index is 1410. The quantitative estimate of drug-likeness (QED) is 0.430. The molecule has 1 aliphatic heterocycles. The lowest BCUT2D eigenvalue weighted by atomic mass is 10.0. The van der Waals surface area contributed by atoms with Crippen molar-refractivity contribution < 1.29 is 27.2 Å². The third-order valence-electron chi connectivity index (χ3n) is 5.39. The number of hydrogen-bond donors (Lipinski definition) is 2. The van der Waals surface area contributed by atoms with E-state index in [1.54, 1.807) is 13.0 Å². The van der Waals surface area contributed by atoms with Crippen LogP contribution in [0.4, 0.5) is 29.1 Å². The molecule has 200 valence electrons. The first-order valence-corrected chi connectivity index (χ1v) is 11.6. The van der Waals surface area contributed by atoms with Gasteiger partial charge in [0.25, 0.3) is 11.7 Å². The van der Waals surface area contributed by atoms with Gasteiger partial charge in [0.1, 0.15) is 18.4 Å². The number of tetrazole rings is 1. The van der Waals surface area contributed by atoms with E-state index < -0.39 is 35.7 Å². The van der Waals surface area contributed by atoms with Gasteiger partial charge >= 0.3 is 6.18 Å². The molecule has 2 aromatic heterocycles. The average Bonchev–Trinajstić information content (AvgIpc) is 3.49. The molecule has 1 unspecified atom stereocenters. The number of aromatic nitrogens is 5. The number of aryl methyl sites for hydroxylation is 1. The number of pyridine rings is 1. The smallest absolute Gasteiger partial charge is 0.352 e. The molecule has 38 heavy (non-hydrogen) atoms. The summed E-state index contributed by atoms with van der Waals surface area (Å²) in [5.74, 6) is -3.19. The minimum absolute atomic E-state index is 0.0711. The van der Waals surface area contributed by atoms with Gasteiger partial charge in [0.2, 0.25) is 5.91 Å². The number of anilines is 2. The van der Waals surface area contributed by atoms with E-state index in [4.69, 9.17) is 11.6 Å². The summed E-state index contributed by atoms with van der Waals surface area (Å²) in [6, 6.07) is 4.19. The number of carbonyl (C=O) groups excluding carboxylic acids is 2. The second-order valence-electron chi connectivity index (χ2n) is 8.17. The van der Waals surface area contributed by atoms with Gasteiger partial charge in [0, 0.05) is 19.2 Å². The molecule has 2 amide bonds. The number of rotatable bonds is 7. The molecule has 2 N–H and O–H groups in total. The van der Waals surface area contributed by atoms with Gasteiger partial charge in [-0.25, -0.2) is 14.4 Å². The summed E-state index contributed by atoms with van der Waals surface area (Å²) in [6.45, 7) is 3.20. The Balaban J connectivity index is 1.64. The number of nitrogens with one attached hydrogen (secondary N) is 2. The summed E-state index contributed by atoms with van der Waals surface area (Å²) < 4.78 is 52.7. The van der Waals surface area contributed by atoms with Gasteiger partial charge in [-0.2, -0.15) is 23.1 Å². The van der Waals surface area contributed by atoms with E-state index in [9.17, 15) is 27.2 Å². The summed E-state index contributed by atoms with van der Waals surface area (Å²) >= 11 is 6.28. The van der Waals surface area contributed by atoms with Crippen LogP contribution in [0.15, 0.2) is 35.6 Å². The van der Waals surface area contributed by atoms with Crippen molar-refractivity contribution in [3.63, 3.8) is 0 Å². The first-order chi connectivity index (χ1) is 18.0. The van der Waals surface area contributed by atoms with Crippen LogP contribution >= 0.6 is 11.6 Å². The van der Waals surface area contributed by atoms with Crippen molar-refractivity contribution in [1.29, 1.82) is 0 Å². The van der Waals surface area contributed by atoms with Crippen LogP contribution in [0.1, 0.15) is 35.1 Å². The van der Waals surface area contributed by atoms with Gasteiger partial charge < -0.3 is 10.6 Å². The number of hydrazone groups is 1. The van der Waals surface area contributed by atoms with Crippen LogP contribution in [-0.2, 0) is 17.5 Å². The lowest BCUT2D eigenvalue weighted by molar-refractivity contribution is -0.145. The molecular formula is C22H20ClF4N9O2. The number of carbonyl (C=O) groups is 2. The van der Waals surface area contributed by atoms with Gasteiger partial charge in [0.05, 0.1) is 22.0 Å². The Morgan fingerprint density at radius 1 is 1.26 bits per heavy atom. The molecular weight excluding hydrogens is 534 g/mol. The Hall–Kier alpha value is -4.14. The SMILES string of the molecule is CCNC(=O)c1cc(F)cc(C)c1NC(=O)C1CC(Cn2nnc(C(F)(F)F)n2)=NN1c1ncccc1Cl. The maximum atomic E-state index is 14.1. The largest absolute Gasteiger partial charge is 0.455 e. The first kappa shape index (κ1) is 26.9. The summed E-state index contributed by atoms with van der Waals surface area (Å²) in [5, 5.41) is 20.7. The van der Waals surface area contributed by atoms with Crippen molar-refractivity contribution in [1.82, 2.24) is 30.5 Å². The number of nitrogens with zero attached hydrogens (tertiary/aromatic N) is 7. The van der Waals surface area contributed by atoms with E-state index in [-0.39, 0.29) is 47.3 Å². The fourth-order valence-electron chi connectivity index (χ4n) is 3.75. The number of alkyl halides is 3. The normalized spacial score (nSPS) is 15.4. The van der Waals surface area contributed by atoms with Crippen molar-refractivity contribution in [2.45, 2.75) is 39.0 Å². The number of amides is 2. The monoisotopic (exact) mass is 553 g/mol. The molecule has 0 saturated heterocycles. The fraction of sp³-hybridized carbons (Fsp3) is 0.318. The zero-order valence-corrected chi connectivity index (χ0v) is 20.7. The van der Waals surface area contributed by atoms with Gasteiger partial charge in [-0.1, -0.05) is 11.6 Å². The standard InChI is InChI=1S/C22H20ClF4N9O2/c1-3-28-19(37)14-8-12(24)7-11(2)17(14)30-20(38)16-9-13(10-35-33-21(31-34-35)22(25,26)27)32-36(16)18-15(23)5-4-6-29-18/h4-8,16H,3,9-10H2,1-2H3,(H,28,37)(H,30,38). The molecule has 11 nitrogen and oxygen atoms in total. The zero-order valence-electron chi connectivity index (χ0n) is 19.9. The van der Waals surface area contributed by atoms with Gasteiger partial charge in [-0.3, -0.25) is 9.59 Å². The summed E-state index contributed by atoms with van der Waals surface area (Å²) in [5.41, 5.74) is 0.548. The van der Waals surface area contributed by atoms with Crippen LogP contribution < -0.4 is 15.6 Å². The molecule has 1 aliphatic rings. The third kappa shape index (κ3) is 5.72. The minimum atomic E-state index is -4.78. The topological polar surface area (TPSA) is 130 Å². The van der Waals surface area contributed by atoms with E-state index in [0.717, 1.165) is 12.1 Å². The molecule has 16 heteroatoms. The predicted octanol–water partition coefficient (Wildman–Crippen LogP) is 3.21. The Labute approximate surface area is 217 Å². The van der Waals surface area contributed by atoms with Crippen LogP contribution in [0.3, 0.4) is 0 Å². The summed E-state index contributed by atoms with van der Waals surface area (Å²) in [7, 11) is 0. The highest BCUT2D eigenvalue weighted by Crippen LogP contribution is 2.31. The molecule has 0 radical (unpaired) electrons. The van der Waals surface area contributed by atoms with Crippen molar-refractivity contribution in [2.24, 2.45) is 5.10 Å². The molecule has 0 aliphatic carbocycles. The molecule has 4 rings (SSSR count). The lowest BCUT2D eigenvalue weighted by Crippen LogP contribution is -2.40. The van der Waals surface area contributed by atoms with E-state index in [0.29, 0.717) is 10.4 Å². The maximum absolute atomic E-state index is 14.1. The number of benzene rings is 1. The Morgan fingerprint density at radius 2 is 2.03 bits per heavy atom.